The molecule has 2 aromatic rings. The molecule has 2 aromatic carbocycles. The number of amides is 2. The van der Waals surface area contributed by atoms with Gasteiger partial charge in [-0.2, -0.15) is 0 Å². The summed E-state index contributed by atoms with van der Waals surface area (Å²) in [6.45, 7) is 0.622. The van der Waals surface area contributed by atoms with Crippen LogP contribution in [0.2, 0.25) is 0 Å². The largest absolute Gasteiger partial charge is 0.376 e. The molecule has 2 N–H and O–H groups in total. The molecule has 0 radical (unpaired) electrons. The Labute approximate surface area is 191 Å². The molecule has 4 fully saturated rings. The Bertz CT molecular complexity index is 1170. The van der Waals surface area contributed by atoms with E-state index in [2.05, 4.69) is 5.32 Å². The molecular weight excluding hydrogens is 420 g/mol. The van der Waals surface area contributed by atoms with Crippen molar-refractivity contribution in [1.82, 2.24) is 4.90 Å². The Hall–Kier alpha value is -2.74. The lowest BCUT2D eigenvalue weighted by Crippen LogP contribution is -2.66. The monoisotopic (exact) mass is 446 g/mol. The molecular formula is C26H26N2O5. The first-order chi connectivity index (χ1) is 16.0. The fraction of sp³-hybridized carbons (Fsp3) is 0.462. The zero-order chi connectivity index (χ0) is 22.5. The molecule has 3 heterocycles. The van der Waals surface area contributed by atoms with Crippen molar-refractivity contribution >= 4 is 17.5 Å². The van der Waals surface area contributed by atoms with Gasteiger partial charge in [-0.05, 0) is 29.5 Å². The van der Waals surface area contributed by atoms with Gasteiger partial charge in [-0.15, -0.1) is 0 Å². The van der Waals surface area contributed by atoms with E-state index in [1.54, 1.807) is 11.9 Å². The maximum atomic E-state index is 13.9. The first-order valence-electron chi connectivity index (χ1n) is 11.6. The third-order valence-corrected chi connectivity index (χ3v) is 9.13. The number of anilines is 1. The first-order valence-corrected chi connectivity index (χ1v) is 11.6. The van der Waals surface area contributed by atoms with Gasteiger partial charge >= 0.3 is 0 Å². The minimum Gasteiger partial charge on any atom is -0.376 e. The van der Waals surface area contributed by atoms with Crippen LogP contribution in [0, 0.1) is 23.2 Å². The number of fused-ring (bicyclic) bond motifs is 5. The number of benzene rings is 2. The minimum atomic E-state index is -1.03. The first kappa shape index (κ1) is 19.7. The summed E-state index contributed by atoms with van der Waals surface area (Å²) in [6, 6.07) is 17.3. The molecule has 3 aliphatic heterocycles. The van der Waals surface area contributed by atoms with Gasteiger partial charge in [0, 0.05) is 30.6 Å². The number of nitrogens with zero attached hydrogens (tertiary/aromatic N) is 1. The Morgan fingerprint density at radius 3 is 2.73 bits per heavy atom. The summed E-state index contributed by atoms with van der Waals surface area (Å²) in [6.07, 6.45) is -0.924. The van der Waals surface area contributed by atoms with Gasteiger partial charge in [0.1, 0.15) is 5.41 Å². The molecule has 2 aliphatic carbocycles. The lowest BCUT2D eigenvalue weighted by molar-refractivity contribution is -0.252. The second-order valence-corrected chi connectivity index (χ2v) is 10.2. The van der Waals surface area contributed by atoms with Crippen LogP contribution in [0.15, 0.2) is 54.6 Å². The van der Waals surface area contributed by atoms with Crippen LogP contribution < -0.4 is 5.32 Å². The predicted molar refractivity (Wildman–Crippen MR) is 118 cm³/mol. The molecule has 0 aromatic heterocycles. The van der Waals surface area contributed by atoms with E-state index in [0.29, 0.717) is 13.0 Å². The molecule has 2 saturated heterocycles. The predicted octanol–water partition coefficient (Wildman–Crippen LogP) is 1.90. The van der Waals surface area contributed by atoms with Crippen molar-refractivity contribution in [3.8, 4) is 0 Å². The normalized spacial score (nSPS) is 41.7. The maximum Gasteiger partial charge on any atom is 0.238 e. The van der Waals surface area contributed by atoms with E-state index >= 15 is 0 Å². The molecule has 1 spiro atoms. The van der Waals surface area contributed by atoms with E-state index in [0.717, 1.165) is 16.8 Å². The number of piperidine rings is 1. The third kappa shape index (κ3) is 2.12. The van der Waals surface area contributed by atoms with E-state index < -0.39 is 23.2 Å². The van der Waals surface area contributed by atoms with Gasteiger partial charge in [0.15, 0.2) is 6.29 Å². The molecule has 33 heavy (non-hydrogen) atoms. The second-order valence-electron chi connectivity index (χ2n) is 10.2. The zero-order valence-corrected chi connectivity index (χ0v) is 18.3. The van der Waals surface area contributed by atoms with Crippen LogP contribution in [0.25, 0.3) is 0 Å². The number of aliphatic hydroxyl groups excluding tert-OH is 1. The summed E-state index contributed by atoms with van der Waals surface area (Å²) in [5.41, 5.74) is 0.786. The fourth-order valence-electron chi connectivity index (χ4n) is 8.13. The molecule has 2 saturated carbocycles. The third-order valence-electron chi connectivity index (χ3n) is 9.13. The van der Waals surface area contributed by atoms with Crippen LogP contribution in [0.3, 0.4) is 0 Å². The number of likely N-dealkylation sites (tertiary alicyclic amines) is 1. The standard InChI is InChI=1S/C26H26N2O5/c1-28-20-19-16-11-18(33-22(19)29)26(15-9-5-6-10-17(15)27-23(26)30)21(20)25(16,24(28)31)13-32-12-14-7-3-2-4-8-14/h2-10,16,18-22,29H,11-13H2,1H3,(H,27,30)/t16-,18+,19+,20-,21+,22?,25+,26+/m0/s1. The molecule has 170 valence electrons. The molecule has 7 heteroatoms. The van der Waals surface area contributed by atoms with Crippen molar-refractivity contribution < 1.29 is 24.2 Å². The average molecular weight is 447 g/mol. The molecule has 8 atom stereocenters. The Morgan fingerprint density at radius 2 is 1.91 bits per heavy atom. The number of ether oxygens (including phenoxy) is 2. The van der Waals surface area contributed by atoms with Crippen LogP contribution >= 0.6 is 0 Å². The van der Waals surface area contributed by atoms with Crippen molar-refractivity contribution in [3.63, 3.8) is 0 Å². The van der Waals surface area contributed by atoms with Gasteiger partial charge in [-0.1, -0.05) is 48.5 Å². The maximum absolute atomic E-state index is 13.9. The summed E-state index contributed by atoms with van der Waals surface area (Å²) in [5, 5.41) is 14.1. The quantitative estimate of drug-likeness (QED) is 0.749. The van der Waals surface area contributed by atoms with Crippen LogP contribution in [0.1, 0.15) is 17.5 Å². The zero-order valence-electron chi connectivity index (χ0n) is 18.3. The van der Waals surface area contributed by atoms with Gasteiger partial charge in [-0.25, -0.2) is 0 Å². The summed E-state index contributed by atoms with van der Waals surface area (Å²) in [5.74, 6) is -0.739. The molecule has 2 amide bonds. The van der Waals surface area contributed by atoms with Gasteiger partial charge in [0.2, 0.25) is 11.8 Å². The highest BCUT2D eigenvalue weighted by Crippen LogP contribution is 2.74. The number of carbonyl (C=O) groups is 2. The number of carbonyl (C=O) groups excluding carboxylic acids is 2. The van der Waals surface area contributed by atoms with Gasteiger partial charge in [0.25, 0.3) is 0 Å². The van der Waals surface area contributed by atoms with E-state index in [1.165, 1.54) is 0 Å². The number of hydrogen-bond donors (Lipinski definition) is 2. The molecule has 5 bridgehead atoms. The lowest BCUT2D eigenvalue weighted by atomic mass is 9.51. The molecule has 5 aliphatic rings. The number of aliphatic hydroxyl groups is 1. The number of rotatable bonds is 4. The highest BCUT2D eigenvalue weighted by atomic mass is 16.6. The summed E-state index contributed by atoms with van der Waals surface area (Å²) in [4.78, 5) is 29.5. The van der Waals surface area contributed by atoms with Crippen molar-refractivity contribution in [2.45, 2.75) is 36.9 Å². The van der Waals surface area contributed by atoms with Crippen LogP contribution in [0.4, 0.5) is 5.69 Å². The second kappa shape index (κ2) is 6.44. The van der Waals surface area contributed by atoms with Gasteiger partial charge in [-0.3, -0.25) is 9.59 Å². The fourth-order valence-corrected chi connectivity index (χ4v) is 8.13. The van der Waals surface area contributed by atoms with Crippen LogP contribution in [-0.2, 0) is 31.1 Å². The smallest absolute Gasteiger partial charge is 0.238 e. The molecule has 7 nitrogen and oxygen atoms in total. The van der Waals surface area contributed by atoms with Gasteiger partial charge in [0.05, 0.1) is 24.7 Å². The van der Waals surface area contributed by atoms with E-state index in [-0.39, 0.29) is 42.2 Å². The van der Waals surface area contributed by atoms with Crippen molar-refractivity contribution in [2.24, 2.45) is 23.2 Å². The number of nitrogens with one attached hydrogen (secondary N) is 1. The lowest BCUT2D eigenvalue weighted by Gasteiger charge is -2.55. The molecule has 1 unspecified atom stereocenters. The minimum absolute atomic E-state index is 0.0240. The van der Waals surface area contributed by atoms with Crippen molar-refractivity contribution in [2.75, 3.05) is 19.0 Å². The van der Waals surface area contributed by atoms with Gasteiger partial charge < -0.3 is 24.8 Å². The highest BCUT2D eigenvalue weighted by molar-refractivity contribution is 6.09. The topological polar surface area (TPSA) is 88.1 Å². The number of para-hydroxylation sites is 1. The van der Waals surface area contributed by atoms with Crippen LogP contribution in [0.5, 0.6) is 0 Å². The van der Waals surface area contributed by atoms with E-state index in [1.807, 2.05) is 54.6 Å². The summed E-state index contributed by atoms with van der Waals surface area (Å²) in [7, 11) is 1.80. The summed E-state index contributed by atoms with van der Waals surface area (Å²) >= 11 is 0. The average Bonchev–Trinajstić information content (AvgIpc) is 3.28. The summed E-state index contributed by atoms with van der Waals surface area (Å²) < 4.78 is 12.4. The van der Waals surface area contributed by atoms with Crippen molar-refractivity contribution in [1.29, 1.82) is 0 Å². The van der Waals surface area contributed by atoms with Crippen molar-refractivity contribution in [3.05, 3.63) is 65.7 Å². The highest BCUT2D eigenvalue weighted by Gasteiger charge is 2.85. The SMILES string of the molecule is CN1C(=O)[C@@]2(COCc3ccccc3)[C@H]3[C@@H]1[C@@H]1C(O)O[C@H](C[C@@H]12)[C@@]31C(=O)Nc2ccccc21. The van der Waals surface area contributed by atoms with E-state index in [9.17, 15) is 14.7 Å². The number of hydrogen-bond acceptors (Lipinski definition) is 5. The Kier molecular flexibility index (Phi) is 3.84. The van der Waals surface area contributed by atoms with Crippen LogP contribution in [-0.4, -0.2) is 53.9 Å². The molecule has 7 rings (SSSR count). The Morgan fingerprint density at radius 1 is 1.15 bits per heavy atom. The van der Waals surface area contributed by atoms with E-state index in [4.69, 9.17) is 9.47 Å². The Balaban J connectivity index is 1.38.